The van der Waals surface area contributed by atoms with Gasteiger partial charge in [0.05, 0.1) is 7.11 Å². The van der Waals surface area contributed by atoms with Gasteiger partial charge < -0.3 is 15.4 Å². The third-order valence-electron chi connectivity index (χ3n) is 4.78. The number of rotatable bonds is 7. The van der Waals surface area contributed by atoms with Crippen molar-refractivity contribution in [1.29, 1.82) is 0 Å². The Hall–Kier alpha value is -3.35. The second kappa shape index (κ2) is 8.12. The molecule has 0 unspecified atom stereocenters. The van der Waals surface area contributed by atoms with Crippen LogP contribution in [0, 0.1) is 0 Å². The number of carbonyl (C=O) groups is 3. The Balaban J connectivity index is 1.59. The number of nitrogens with one attached hydrogen (secondary N) is 2. The molecule has 0 saturated carbocycles. The molecule has 2 aromatic rings. The number of anilines is 1. The molecule has 0 spiro atoms. The Bertz CT molecular complexity index is 867. The molecule has 0 bridgehead atoms. The van der Waals surface area contributed by atoms with E-state index in [-0.39, 0.29) is 6.54 Å². The van der Waals surface area contributed by atoms with E-state index in [0.717, 1.165) is 10.5 Å². The number of amides is 4. The molecule has 7 heteroatoms. The maximum Gasteiger partial charge on any atom is 0.325 e. The highest BCUT2D eigenvalue weighted by Crippen LogP contribution is 2.23. The SMILES string of the molecule is COc1ccc(NC(=O)CN2C(=O)N[C@](C)(CCc3ccccc3)C2=O)cc1. The van der Waals surface area contributed by atoms with Crippen molar-refractivity contribution in [3.8, 4) is 5.75 Å². The molecule has 1 aliphatic heterocycles. The van der Waals surface area contributed by atoms with Gasteiger partial charge in [0, 0.05) is 5.69 Å². The van der Waals surface area contributed by atoms with Crippen molar-refractivity contribution in [2.75, 3.05) is 19.0 Å². The molecular weight excluding hydrogens is 358 g/mol. The normalized spacial score (nSPS) is 18.7. The molecule has 0 aromatic heterocycles. The highest BCUT2D eigenvalue weighted by atomic mass is 16.5. The monoisotopic (exact) mass is 381 g/mol. The minimum atomic E-state index is -1.02. The van der Waals surface area contributed by atoms with Crippen LogP contribution in [0.3, 0.4) is 0 Å². The molecule has 7 nitrogen and oxygen atoms in total. The van der Waals surface area contributed by atoms with Gasteiger partial charge in [-0.25, -0.2) is 4.79 Å². The van der Waals surface area contributed by atoms with E-state index in [2.05, 4.69) is 10.6 Å². The topological polar surface area (TPSA) is 87.7 Å². The lowest BCUT2D eigenvalue weighted by molar-refractivity contribution is -0.133. The van der Waals surface area contributed by atoms with E-state index < -0.39 is 23.4 Å². The van der Waals surface area contributed by atoms with Gasteiger partial charge in [-0.15, -0.1) is 0 Å². The summed E-state index contributed by atoms with van der Waals surface area (Å²) in [4.78, 5) is 38.3. The number of aryl methyl sites for hydroxylation is 1. The molecule has 1 saturated heterocycles. The fraction of sp³-hybridized carbons (Fsp3) is 0.286. The number of nitrogens with zero attached hydrogens (tertiary/aromatic N) is 1. The van der Waals surface area contributed by atoms with Crippen molar-refractivity contribution in [3.05, 3.63) is 60.2 Å². The largest absolute Gasteiger partial charge is 0.497 e. The van der Waals surface area contributed by atoms with Crippen molar-refractivity contribution >= 4 is 23.5 Å². The molecule has 4 amide bonds. The second-order valence-electron chi connectivity index (χ2n) is 6.92. The summed E-state index contributed by atoms with van der Waals surface area (Å²) in [5.74, 6) is -0.166. The Labute approximate surface area is 163 Å². The van der Waals surface area contributed by atoms with Gasteiger partial charge in [0.1, 0.15) is 17.8 Å². The van der Waals surface area contributed by atoms with Gasteiger partial charge in [-0.3, -0.25) is 14.5 Å². The minimum absolute atomic E-state index is 0.336. The highest BCUT2D eigenvalue weighted by molar-refractivity contribution is 6.09. The van der Waals surface area contributed by atoms with Crippen LogP contribution in [0.5, 0.6) is 5.75 Å². The summed E-state index contributed by atoms with van der Waals surface area (Å²) in [6.45, 7) is 1.36. The zero-order valence-electron chi connectivity index (χ0n) is 15.9. The zero-order chi connectivity index (χ0) is 20.1. The quantitative estimate of drug-likeness (QED) is 0.722. The predicted molar refractivity (Wildman–Crippen MR) is 105 cm³/mol. The fourth-order valence-electron chi connectivity index (χ4n) is 3.12. The summed E-state index contributed by atoms with van der Waals surface area (Å²) in [5, 5.41) is 5.40. The number of hydrogen-bond donors (Lipinski definition) is 2. The molecule has 2 N–H and O–H groups in total. The number of urea groups is 1. The van der Waals surface area contributed by atoms with E-state index in [0.29, 0.717) is 24.3 Å². The standard InChI is InChI=1S/C21H23N3O4/c1-21(13-12-15-6-4-3-5-7-15)19(26)24(20(27)23-21)14-18(25)22-16-8-10-17(28-2)11-9-16/h3-11H,12-14H2,1-2H3,(H,22,25)(H,23,27)/t21-/m1/s1. The van der Waals surface area contributed by atoms with E-state index in [1.54, 1.807) is 38.3 Å². The third-order valence-corrected chi connectivity index (χ3v) is 4.78. The van der Waals surface area contributed by atoms with E-state index >= 15 is 0 Å². The Morgan fingerprint density at radius 3 is 2.43 bits per heavy atom. The highest BCUT2D eigenvalue weighted by Gasteiger charge is 2.47. The smallest absolute Gasteiger partial charge is 0.325 e. The van der Waals surface area contributed by atoms with Crippen LogP contribution in [0.4, 0.5) is 10.5 Å². The molecule has 1 aliphatic rings. The second-order valence-corrected chi connectivity index (χ2v) is 6.92. The average molecular weight is 381 g/mol. The van der Waals surface area contributed by atoms with Gasteiger partial charge in [-0.1, -0.05) is 30.3 Å². The van der Waals surface area contributed by atoms with Gasteiger partial charge in [0.15, 0.2) is 0 Å². The van der Waals surface area contributed by atoms with Gasteiger partial charge in [0.25, 0.3) is 5.91 Å². The number of hydrogen-bond acceptors (Lipinski definition) is 4. The summed E-state index contributed by atoms with van der Waals surface area (Å²) in [5.41, 5.74) is 0.624. The predicted octanol–water partition coefficient (Wildman–Crippen LogP) is 2.58. The summed E-state index contributed by atoms with van der Waals surface area (Å²) in [6, 6.07) is 16.0. The van der Waals surface area contributed by atoms with Gasteiger partial charge >= 0.3 is 6.03 Å². The van der Waals surface area contributed by atoms with Crippen LogP contribution in [0.15, 0.2) is 54.6 Å². The van der Waals surface area contributed by atoms with Crippen molar-refractivity contribution in [1.82, 2.24) is 10.2 Å². The van der Waals surface area contributed by atoms with E-state index in [1.165, 1.54) is 0 Å². The van der Waals surface area contributed by atoms with Gasteiger partial charge in [-0.2, -0.15) is 0 Å². The number of carbonyl (C=O) groups excluding carboxylic acids is 3. The Morgan fingerprint density at radius 1 is 1.11 bits per heavy atom. The maximum absolute atomic E-state index is 12.8. The van der Waals surface area contributed by atoms with Crippen LogP contribution in [-0.4, -0.2) is 41.9 Å². The fourth-order valence-corrected chi connectivity index (χ4v) is 3.12. The average Bonchev–Trinajstić information content (AvgIpc) is 2.91. The molecule has 1 heterocycles. The molecular formula is C21H23N3O4. The first-order chi connectivity index (χ1) is 13.4. The van der Waals surface area contributed by atoms with Crippen LogP contribution in [-0.2, 0) is 16.0 Å². The lowest BCUT2D eigenvalue weighted by Crippen LogP contribution is -2.45. The summed E-state index contributed by atoms with van der Waals surface area (Å²) >= 11 is 0. The van der Waals surface area contributed by atoms with Crippen LogP contribution in [0.2, 0.25) is 0 Å². The summed E-state index contributed by atoms with van der Waals surface area (Å²) < 4.78 is 5.07. The Kier molecular flexibility index (Phi) is 5.63. The Morgan fingerprint density at radius 2 is 1.79 bits per heavy atom. The lowest BCUT2D eigenvalue weighted by atomic mass is 9.93. The molecule has 1 atom stereocenters. The molecule has 1 fully saturated rings. The van der Waals surface area contributed by atoms with Crippen LogP contribution < -0.4 is 15.4 Å². The summed E-state index contributed by atoms with van der Waals surface area (Å²) in [6.07, 6.45) is 1.10. The van der Waals surface area contributed by atoms with Crippen molar-refractivity contribution in [2.24, 2.45) is 0 Å². The van der Waals surface area contributed by atoms with Crippen molar-refractivity contribution in [3.63, 3.8) is 0 Å². The third kappa shape index (κ3) is 4.31. The molecule has 146 valence electrons. The first-order valence-electron chi connectivity index (χ1n) is 9.03. The number of ether oxygens (including phenoxy) is 1. The van der Waals surface area contributed by atoms with Crippen LogP contribution in [0.1, 0.15) is 18.9 Å². The number of imide groups is 1. The van der Waals surface area contributed by atoms with E-state index in [4.69, 9.17) is 4.74 Å². The maximum atomic E-state index is 12.8. The molecule has 2 aromatic carbocycles. The zero-order valence-corrected chi connectivity index (χ0v) is 15.9. The molecule has 28 heavy (non-hydrogen) atoms. The van der Waals surface area contributed by atoms with Gasteiger partial charge in [0.2, 0.25) is 5.91 Å². The van der Waals surface area contributed by atoms with Crippen LogP contribution >= 0.6 is 0 Å². The molecule has 0 aliphatic carbocycles. The van der Waals surface area contributed by atoms with Crippen LogP contribution in [0.25, 0.3) is 0 Å². The first kappa shape index (κ1) is 19.4. The van der Waals surface area contributed by atoms with Crippen molar-refractivity contribution < 1.29 is 19.1 Å². The number of methoxy groups -OCH3 is 1. The van der Waals surface area contributed by atoms with Crippen molar-refractivity contribution in [2.45, 2.75) is 25.3 Å². The van der Waals surface area contributed by atoms with E-state index in [1.807, 2.05) is 30.3 Å². The molecule has 0 radical (unpaired) electrons. The minimum Gasteiger partial charge on any atom is -0.497 e. The number of benzene rings is 2. The van der Waals surface area contributed by atoms with Gasteiger partial charge in [-0.05, 0) is 49.6 Å². The summed E-state index contributed by atoms with van der Waals surface area (Å²) in [7, 11) is 1.56. The van der Waals surface area contributed by atoms with E-state index in [9.17, 15) is 14.4 Å². The first-order valence-corrected chi connectivity index (χ1v) is 9.03. The molecule has 3 rings (SSSR count). The lowest BCUT2D eigenvalue weighted by Gasteiger charge is -2.21.